The summed E-state index contributed by atoms with van der Waals surface area (Å²) in [6, 6.07) is 13.1. The van der Waals surface area contributed by atoms with Crippen molar-refractivity contribution in [3.63, 3.8) is 0 Å². The molecule has 1 aromatic heterocycles. The third-order valence-electron chi connectivity index (χ3n) is 3.89. The third kappa shape index (κ3) is 4.33. The van der Waals surface area contributed by atoms with Crippen molar-refractivity contribution in [1.29, 1.82) is 0 Å². The van der Waals surface area contributed by atoms with Gasteiger partial charge in [-0.05, 0) is 47.1 Å². The Labute approximate surface area is 156 Å². The SMILES string of the molecule is COc1ccc(-c2nonc2NC(=O)C=Cc2ccc(C)cc2)cc1OC. The summed E-state index contributed by atoms with van der Waals surface area (Å²) in [6.45, 7) is 2.01. The van der Waals surface area contributed by atoms with Gasteiger partial charge in [0.25, 0.3) is 0 Å². The zero-order valence-electron chi connectivity index (χ0n) is 15.2. The number of methoxy groups -OCH3 is 2. The molecule has 27 heavy (non-hydrogen) atoms. The number of hydrogen-bond donors (Lipinski definition) is 1. The first-order chi connectivity index (χ1) is 13.1. The molecule has 0 aliphatic rings. The summed E-state index contributed by atoms with van der Waals surface area (Å²) >= 11 is 0. The second kappa shape index (κ2) is 8.18. The second-order valence-corrected chi connectivity index (χ2v) is 5.76. The van der Waals surface area contributed by atoms with E-state index in [1.165, 1.54) is 6.08 Å². The summed E-state index contributed by atoms with van der Waals surface area (Å²) in [5.41, 5.74) is 3.15. The maximum Gasteiger partial charge on any atom is 0.249 e. The van der Waals surface area contributed by atoms with Gasteiger partial charge in [-0.3, -0.25) is 4.79 Å². The number of ether oxygens (including phenoxy) is 2. The Morgan fingerprint density at radius 3 is 2.48 bits per heavy atom. The predicted molar refractivity (Wildman–Crippen MR) is 102 cm³/mol. The normalized spacial score (nSPS) is 10.8. The summed E-state index contributed by atoms with van der Waals surface area (Å²) in [5.74, 6) is 1.01. The van der Waals surface area contributed by atoms with Crippen molar-refractivity contribution < 1.29 is 18.9 Å². The Kier molecular flexibility index (Phi) is 5.51. The zero-order valence-corrected chi connectivity index (χ0v) is 15.2. The minimum Gasteiger partial charge on any atom is -0.493 e. The van der Waals surface area contributed by atoms with E-state index in [1.807, 2.05) is 31.2 Å². The van der Waals surface area contributed by atoms with Crippen LogP contribution in [0.25, 0.3) is 17.3 Å². The van der Waals surface area contributed by atoms with Crippen molar-refractivity contribution in [3.8, 4) is 22.8 Å². The smallest absolute Gasteiger partial charge is 0.249 e. The third-order valence-corrected chi connectivity index (χ3v) is 3.89. The number of carbonyl (C=O) groups excluding carboxylic acids is 1. The number of aromatic nitrogens is 2. The maximum atomic E-state index is 12.2. The fourth-order valence-corrected chi connectivity index (χ4v) is 2.45. The van der Waals surface area contributed by atoms with E-state index in [0.717, 1.165) is 11.1 Å². The lowest BCUT2D eigenvalue weighted by Gasteiger charge is -2.08. The number of nitrogens with zero attached hydrogens (tertiary/aromatic N) is 2. The molecule has 2 aromatic carbocycles. The molecule has 138 valence electrons. The van der Waals surface area contributed by atoms with Crippen molar-refractivity contribution in [1.82, 2.24) is 10.3 Å². The van der Waals surface area contributed by atoms with Gasteiger partial charge in [-0.15, -0.1) is 0 Å². The molecule has 1 amide bonds. The van der Waals surface area contributed by atoms with Gasteiger partial charge >= 0.3 is 0 Å². The molecule has 0 saturated heterocycles. The number of anilines is 1. The van der Waals surface area contributed by atoms with Gasteiger partial charge in [-0.25, -0.2) is 4.63 Å². The number of amides is 1. The fourth-order valence-electron chi connectivity index (χ4n) is 2.45. The highest BCUT2D eigenvalue weighted by atomic mass is 16.6. The molecule has 7 heteroatoms. The van der Waals surface area contributed by atoms with Gasteiger partial charge in [-0.2, -0.15) is 0 Å². The van der Waals surface area contributed by atoms with Gasteiger partial charge in [-0.1, -0.05) is 29.8 Å². The van der Waals surface area contributed by atoms with Crippen LogP contribution in [0, 0.1) is 6.92 Å². The van der Waals surface area contributed by atoms with E-state index in [0.29, 0.717) is 22.8 Å². The molecule has 0 bridgehead atoms. The van der Waals surface area contributed by atoms with Crippen LogP contribution in [0.5, 0.6) is 11.5 Å². The standard InChI is InChI=1S/C20H19N3O4/c1-13-4-6-14(7-5-13)8-11-18(24)21-20-19(22-27-23-20)15-9-10-16(25-2)17(12-15)26-3/h4-12H,1-3H3,(H,21,23,24). The monoisotopic (exact) mass is 365 g/mol. The van der Waals surface area contributed by atoms with Crippen molar-refractivity contribution >= 4 is 17.8 Å². The highest BCUT2D eigenvalue weighted by Crippen LogP contribution is 2.33. The van der Waals surface area contributed by atoms with Crippen LogP contribution in [-0.4, -0.2) is 30.4 Å². The van der Waals surface area contributed by atoms with Crippen molar-refractivity contribution in [2.75, 3.05) is 19.5 Å². The summed E-state index contributed by atoms with van der Waals surface area (Å²) in [6.07, 6.45) is 3.15. The van der Waals surface area contributed by atoms with Gasteiger partial charge < -0.3 is 14.8 Å². The van der Waals surface area contributed by atoms with E-state index in [2.05, 4.69) is 15.6 Å². The zero-order chi connectivity index (χ0) is 19.2. The van der Waals surface area contributed by atoms with Crippen LogP contribution in [0.4, 0.5) is 5.82 Å². The van der Waals surface area contributed by atoms with Crippen LogP contribution >= 0.6 is 0 Å². The lowest BCUT2D eigenvalue weighted by molar-refractivity contribution is -0.111. The number of hydrogen-bond acceptors (Lipinski definition) is 6. The van der Waals surface area contributed by atoms with E-state index in [-0.39, 0.29) is 11.7 Å². The molecule has 1 N–H and O–H groups in total. The molecule has 0 atom stereocenters. The highest BCUT2D eigenvalue weighted by Gasteiger charge is 2.16. The van der Waals surface area contributed by atoms with Crippen molar-refractivity contribution in [2.24, 2.45) is 0 Å². The summed E-state index contributed by atoms with van der Waals surface area (Å²) in [7, 11) is 3.10. The molecule has 1 heterocycles. The first-order valence-corrected chi connectivity index (χ1v) is 8.21. The average Bonchev–Trinajstić information content (AvgIpc) is 3.15. The largest absolute Gasteiger partial charge is 0.493 e. The Morgan fingerprint density at radius 1 is 1.04 bits per heavy atom. The Hall–Kier alpha value is -3.61. The highest BCUT2D eigenvalue weighted by molar-refractivity contribution is 6.03. The van der Waals surface area contributed by atoms with E-state index in [1.54, 1.807) is 38.5 Å². The molecule has 0 fully saturated rings. The molecule has 0 unspecified atom stereocenters. The summed E-state index contributed by atoms with van der Waals surface area (Å²) in [5, 5.41) is 10.3. The molecule has 0 aliphatic heterocycles. The molecule has 0 radical (unpaired) electrons. The van der Waals surface area contributed by atoms with E-state index < -0.39 is 0 Å². The molecule has 3 rings (SSSR count). The van der Waals surface area contributed by atoms with Crippen LogP contribution in [0.15, 0.2) is 53.2 Å². The molecule has 3 aromatic rings. The van der Waals surface area contributed by atoms with Crippen LogP contribution < -0.4 is 14.8 Å². The van der Waals surface area contributed by atoms with E-state index in [9.17, 15) is 4.79 Å². The van der Waals surface area contributed by atoms with Gasteiger partial charge in [0.2, 0.25) is 11.7 Å². The van der Waals surface area contributed by atoms with Gasteiger partial charge in [0.1, 0.15) is 0 Å². The molecule has 7 nitrogen and oxygen atoms in total. The quantitative estimate of drug-likeness (QED) is 0.670. The molecule has 0 aliphatic carbocycles. The minimum absolute atomic E-state index is 0.223. The topological polar surface area (TPSA) is 86.5 Å². The van der Waals surface area contributed by atoms with E-state index >= 15 is 0 Å². The Morgan fingerprint density at radius 2 is 1.78 bits per heavy atom. The number of carbonyl (C=O) groups is 1. The van der Waals surface area contributed by atoms with Crippen molar-refractivity contribution in [3.05, 3.63) is 59.7 Å². The Bertz CT molecular complexity index is 962. The van der Waals surface area contributed by atoms with Crippen LogP contribution in [0.1, 0.15) is 11.1 Å². The molecule has 0 spiro atoms. The lowest BCUT2D eigenvalue weighted by Crippen LogP contribution is -2.09. The predicted octanol–water partition coefficient (Wildman–Crippen LogP) is 3.71. The van der Waals surface area contributed by atoms with Crippen molar-refractivity contribution in [2.45, 2.75) is 6.92 Å². The lowest BCUT2D eigenvalue weighted by atomic mass is 10.1. The molecule has 0 saturated carbocycles. The van der Waals surface area contributed by atoms with Crippen LogP contribution in [0.3, 0.4) is 0 Å². The Balaban J connectivity index is 1.77. The van der Waals surface area contributed by atoms with Crippen LogP contribution in [0.2, 0.25) is 0 Å². The second-order valence-electron chi connectivity index (χ2n) is 5.76. The summed E-state index contributed by atoms with van der Waals surface area (Å²) < 4.78 is 15.3. The first kappa shape index (κ1) is 18.2. The number of rotatable bonds is 6. The number of aryl methyl sites for hydroxylation is 1. The maximum absolute atomic E-state index is 12.2. The molecular formula is C20H19N3O4. The van der Waals surface area contributed by atoms with Gasteiger partial charge in [0.05, 0.1) is 14.2 Å². The average molecular weight is 365 g/mol. The van der Waals surface area contributed by atoms with Gasteiger partial charge in [0.15, 0.2) is 17.2 Å². The molecular weight excluding hydrogens is 346 g/mol. The minimum atomic E-state index is -0.340. The fraction of sp³-hybridized carbons (Fsp3) is 0.150. The van der Waals surface area contributed by atoms with Gasteiger partial charge in [0, 0.05) is 11.6 Å². The van der Waals surface area contributed by atoms with Crippen LogP contribution in [-0.2, 0) is 4.79 Å². The number of nitrogens with one attached hydrogen (secondary N) is 1. The number of benzene rings is 2. The summed E-state index contributed by atoms with van der Waals surface area (Å²) in [4.78, 5) is 12.2. The van der Waals surface area contributed by atoms with E-state index in [4.69, 9.17) is 14.1 Å². The first-order valence-electron chi connectivity index (χ1n) is 8.21.